The minimum atomic E-state index is -0.675. The lowest BCUT2D eigenvalue weighted by molar-refractivity contribution is -0.117. The molecule has 0 aliphatic heterocycles. The Bertz CT molecular complexity index is 980. The largest absolute Gasteiger partial charge is 0.493 e. The molecule has 0 aliphatic rings. The van der Waals surface area contributed by atoms with Gasteiger partial charge in [-0.15, -0.1) is 0 Å². The zero-order valence-electron chi connectivity index (χ0n) is 17.3. The number of methoxy groups -OCH3 is 1. The van der Waals surface area contributed by atoms with Gasteiger partial charge in [0, 0.05) is 19.8 Å². The van der Waals surface area contributed by atoms with Crippen molar-refractivity contribution in [1.29, 1.82) is 5.26 Å². The van der Waals surface area contributed by atoms with Crippen LogP contribution in [0.1, 0.15) is 29.3 Å². The second kappa shape index (κ2) is 12.1. The van der Waals surface area contributed by atoms with Gasteiger partial charge in [-0.2, -0.15) is 5.26 Å². The lowest BCUT2D eigenvalue weighted by Gasteiger charge is -2.10. The number of carbonyl (C=O) groups excluding carboxylic acids is 2. The second-order valence-corrected chi connectivity index (χ2v) is 6.28. The summed E-state index contributed by atoms with van der Waals surface area (Å²) in [5.74, 6) is -1.25. The summed E-state index contributed by atoms with van der Waals surface area (Å²) >= 11 is 0. The van der Waals surface area contributed by atoms with Gasteiger partial charge in [0.15, 0.2) is 11.5 Å². The van der Waals surface area contributed by atoms with Gasteiger partial charge in [0.25, 0.3) is 5.91 Å². The number of amides is 1. The Morgan fingerprint density at radius 3 is 2.55 bits per heavy atom. The highest BCUT2D eigenvalue weighted by molar-refractivity contribution is 6.01. The molecule has 1 amide bonds. The van der Waals surface area contributed by atoms with Crippen molar-refractivity contribution in [1.82, 2.24) is 5.32 Å². The van der Waals surface area contributed by atoms with Crippen LogP contribution in [0.25, 0.3) is 6.08 Å². The molecule has 0 bridgehead atoms. The Labute approximate surface area is 180 Å². The van der Waals surface area contributed by atoms with Crippen LogP contribution in [-0.2, 0) is 9.53 Å². The first-order valence-corrected chi connectivity index (χ1v) is 9.62. The van der Waals surface area contributed by atoms with Gasteiger partial charge >= 0.3 is 5.97 Å². The minimum absolute atomic E-state index is 0.0745. The van der Waals surface area contributed by atoms with Crippen LogP contribution in [0.3, 0.4) is 0 Å². The van der Waals surface area contributed by atoms with Crippen LogP contribution in [0.2, 0.25) is 0 Å². The third kappa shape index (κ3) is 7.24. The van der Waals surface area contributed by atoms with E-state index in [1.54, 1.807) is 6.07 Å². The van der Waals surface area contributed by atoms with Crippen molar-refractivity contribution in [2.75, 3.05) is 26.9 Å². The molecule has 0 radical (unpaired) electrons. The molecule has 162 valence electrons. The highest BCUT2D eigenvalue weighted by atomic mass is 19.1. The molecule has 7 nitrogen and oxygen atoms in total. The molecular formula is C23H23FN2O5. The number of carbonyl (C=O) groups is 2. The Kier molecular flexibility index (Phi) is 9.20. The number of esters is 1. The molecular weight excluding hydrogens is 403 g/mol. The average molecular weight is 426 g/mol. The molecule has 0 unspecified atom stereocenters. The Hall–Kier alpha value is -3.70. The zero-order valence-corrected chi connectivity index (χ0v) is 17.3. The number of nitrogens with one attached hydrogen (secondary N) is 1. The highest BCUT2D eigenvalue weighted by Crippen LogP contribution is 2.29. The first-order chi connectivity index (χ1) is 15.0. The molecule has 0 atom stereocenters. The molecule has 8 heteroatoms. The maximum absolute atomic E-state index is 13.0. The SMILES string of the molecule is CCOCCCNC(=O)/C(C#N)=C/c1ccc(OC(=O)c2ccc(F)cc2)c(OC)c1. The summed E-state index contributed by atoms with van der Waals surface area (Å²) in [4.78, 5) is 24.4. The van der Waals surface area contributed by atoms with E-state index in [4.69, 9.17) is 14.2 Å². The fraction of sp³-hybridized carbons (Fsp3) is 0.261. The molecule has 0 aromatic heterocycles. The van der Waals surface area contributed by atoms with E-state index in [0.29, 0.717) is 31.7 Å². The predicted octanol–water partition coefficient (Wildman–Crippen LogP) is 3.50. The van der Waals surface area contributed by atoms with Crippen molar-refractivity contribution in [2.45, 2.75) is 13.3 Å². The van der Waals surface area contributed by atoms with E-state index in [9.17, 15) is 19.2 Å². The molecule has 0 saturated heterocycles. The predicted molar refractivity (Wildman–Crippen MR) is 112 cm³/mol. The first kappa shape index (κ1) is 23.6. The highest BCUT2D eigenvalue weighted by Gasteiger charge is 2.14. The van der Waals surface area contributed by atoms with Gasteiger partial charge in [-0.25, -0.2) is 9.18 Å². The van der Waals surface area contributed by atoms with E-state index in [1.165, 1.54) is 37.5 Å². The van der Waals surface area contributed by atoms with Crippen LogP contribution < -0.4 is 14.8 Å². The van der Waals surface area contributed by atoms with Crippen LogP contribution in [0.4, 0.5) is 4.39 Å². The minimum Gasteiger partial charge on any atom is -0.493 e. The van der Waals surface area contributed by atoms with Crippen LogP contribution in [0.5, 0.6) is 11.5 Å². The summed E-state index contributed by atoms with van der Waals surface area (Å²) in [7, 11) is 1.40. The Morgan fingerprint density at radius 2 is 1.90 bits per heavy atom. The van der Waals surface area contributed by atoms with Crippen LogP contribution in [0.15, 0.2) is 48.0 Å². The molecule has 2 rings (SSSR count). The van der Waals surface area contributed by atoms with E-state index in [0.717, 1.165) is 12.1 Å². The number of halogens is 1. The van der Waals surface area contributed by atoms with Gasteiger partial charge in [-0.1, -0.05) is 6.07 Å². The maximum atomic E-state index is 13.0. The number of nitriles is 1. The third-order valence-electron chi connectivity index (χ3n) is 4.10. The van der Waals surface area contributed by atoms with E-state index < -0.39 is 17.7 Å². The summed E-state index contributed by atoms with van der Waals surface area (Å²) in [5.41, 5.74) is 0.620. The molecule has 1 N–H and O–H groups in total. The standard InChI is InChI=1S/C23H23FN2O5/c1-3-30-12-4-11-26-22(27)18(15-25)13-16-5-10-20(21(14-16)29-2)31-23(28)17-6-8-19(24)9-7-17/h5-10,13-14H,3-4,11-12H2,1-2H3,(H,26,27)/b18-13+. The van der Waals surface area contributed by atoms with E-state index in [2.05, 4.69) is 5.32 Å². The fourth-order valence-corrected chi connectivity index (χ4v) is 2.53. The quantitative estimate of drug-likeness (QED) is 0.205. The topological polar surface area (TPSA) is 97.6 Å². The van der Waals surface area contributed by atoms with Gasteiger partial charge in [-0.05, 0) is 61.4 Å². The molecule has 0 saturated carbocycles. The summed E-state index contributed by atoms with van der Waals surface area (Å²) in [6.45, 7) is 3.41. The molecule has 0 aliphatic carbocycles. The number of ether oxygens (including phenoxy) is 3. The average Bonchev–Trinajstić information content (AvgIpc) is 2.78. The molecule has 0 fully saturated rings. The molecule has 2 aromatic rings. The van der Waals surface area contributed by atoms with Gasteiger partial charge in [0.2, 0.25) is 0 Å². The third-order valence-corrected chi connectivity index (χ3v) is 4.10. The van der Waals surface area contributed by atoms with Crippen LogP contribution in [-0.4, -0.2) is 38.7 Å². The van der Waals surface area contributed by atoms with E-state index >= 15 is 0 Å². The second-order valence-electron chi connectivity index (χ2n) is 6.28. The summed E-state index contributed by atoms with van der Waals surface area (Å²) in [6.07, 6.45) is 2.05. The Balaban J connectivity index is 2.10. The van der Waals surface area contributed by atoms with E-state index in [-0.39, 0.29) is 22.6 Å². The molecule has 31 heavy (non-hydrogen) atoms. The fourth-order valence-electron chi connectivity index (χ4n) is 2.53. The number of hydrogen-bond donors (Lipinski definition) is 1. The van der Waals surface area contributed by atoms with Crippen molar-refractivity contribution in [3.63, 3.8) is 0 Å². The first-order valence-electron chi connectivity index (χ1n) is 9.62. The lowest BCUT2D eigenvalue weighted by atomic mass is 10.1. The molecule has 2 aromatic carbocycles. The normalized spacial score (nSPS) is 10.8. The van der Waals surface area contributed by atoms with Crippen molar-refractivity contribution < 1.29 is 28.2 Å². The summed E-state index contributed by atoms with van der Waals surface area (Å²) in [5, 5.41) is 12.0. The zero-order chi connectivity index (χ0) is 22.6. The smallest absolute Gasteiger partial charge is 0.343 e. The number of hydrogen-bond acceptors (Lipinski definition) is 6. The van der Waals surface area contributed by atoms with Crippen molar-refractivity contribution in [3.8, 4) is 17.6 Å². The van der Waals surface area contributed by atoms with E-state index in [1.807, 2.05) is 13.0 Å². The Morgan fingerprint density at radius 1 is 1.16 bits per heavy atom. The number of nitrogens with zero attached hydrogens (tertiary/aromatic N) is 1. The van der Waals surface area contributed by atoms with Gasteiger partial charge in [0.05, 0.1) is 12.7 Å². The van der Waals surface area contributed by atoms with Crippen LogP contribution >= 0.6 is 0 Å². The maximum Gasteiger partial charge on any atom is 0.343 e. The summed E-state index contributed by atoms with van der Waals surface area (Å²) in [6, 6.07) is 11.4. The summed E-state index contributed by atoms with van der Waals surface area (Å²) < 4.78 is 28.8. The van der Waals surface area contributed by atoms with Gasteiger partial charge in [0.1, 0.15) is 17.5 Å². The van der Waals surface area contributed by atoms with Crippen molar-refractivity contribution in [3.05, 3.63) is 65.0 Å². The van der Waals surface area contributed by atoms with Crippen molar-refractivity contribution >= 4 is 18.0 Å². The van der Waals surface area contributed by atoms with Crippen molar-refractivity contribution in [2.24, 2.45) is 0 Å². The lowest BCUT2D eigenvalue weighted by Crippen LogP contribution is -2.26. The number of rotatable bonds is 10. The van der Waals surface area contributed by atoms with Gasteiger partial charge in [-0.3, -0.25) is 4.79 Å². The molecule has 0 spiro atoms. The monoisotopic (exact) mass is 426 g/mol. The number of benzene rings is 2. The van der Waals surface area contributed by atoms with Crippen LogP contribution in [0, 0.1) is 17.1 Å². The molecule has 0 heterocycles. The van der Waals surface area contributed by atoms with Gasteiger partial charge < -0.3 is 19.5 Å².